The molecule has 0 aromatic heterocycles. The number of aryl methyl sites for hydroxylation is 3. The fourth-order valence-electron chi connectivity index (χ4n) is 4.07. The van der Waals surface area contributed by atoms with Gasteiger partial charge in [0.1, 0.15) is 5.75 Å². The standard InChI is InChI=1S/C24H32N4O4S/c1-17-13-18(2)24(19(3)14-17)26-22(29)15-25-23(30)16-33(31,32)27-20-7-9-21(10-8-20)28-11-5-4-6-12-28/h7-10,13-14,27H,4-6,11-12,15-16H2,1-3H3,(H,25,30)(H,26,29). The van der Waals surface area contributed by atoms with E-state index in [2.05, 4.69) is 20.3 Å². The number of hydrogen-bond donors (Lipinski definition) is 3. The van der Waals surface area contributed by atoms with E-state index in [9.17, 15) is 18.0 Å². The lowest BCUT2D eigenvalue weighted by molar-refractivity contribution is -0.122. The normalized spacial score (nSPS) is 14.0. The molecule has 1 aliphatic heterocycles. The van der Waals surface area contributed by atoms with E-state index >= 15 is 0 Å². The fourth-order valence-corrected chi connectivity index (χ4v) is 5.09. The molecule has 3 N–H and O–H groups in total. The van der Waals surface area contributed by atoms with Crippen molar-refractivity contribution >= 4 is 38.9 Å². The molecule has 2 aromatic rings. The summed E-state index contributed by atoms with van der Waals surface area (Å²) >= 11 is 0. The topological polar surface area (TPSA) is 108 Å². The van der Waals surface area contributed by atoms with E-state index in [0.717, 1.165) is 48.3 Å². The second kappa shape index (κ2) is 10.7. The second-order valence-corrected chi connectivity index (χ2v) is 10.3. The van der Waals surface area contributed by atoms with E-state index in [4.69, 9.17) is 0 Å². The van der Waals surface area contributed by atoms with Crippen LogP contribution in [0.25, 0.3) is 0 Å². The highest BCUT2D eigenvalue weighted by Gasteiger charge is 2.18. The SMILES string of the molecule is Cc1cc(C)c(NC(=O)CNC(=O)CS(=O)(=O)Nc2ccc(N3CCCCC3)cc2)c(C)c1. The van der Waals surface area contributed by atoms with Crippen molar-refractivity contribution in [2.75, 3.05) is 40.3 Å². The molecule has 9 heteroatoms. The van der Waals surface area contributed by atoms with E-state index < -0.39 is 27.6 Å². The van der Waals surface area contributed by atoms with Crippen molar-refractivity contribution in [3.05, 3.63) is 53.1 Å². The van der Waals surface area contributed by atoms with Crippen molar-refractivity contribution < 1.29 is 18.0 Å². The quantitative estimate of drug-likeness (QED) is 0.547. The number of anilines is 3. The van der Waals surface area contributed by atoms with Gasteiger partial charge < -0.3 is 15.5 Å². The largest absolute Gasteiger partial charge is 0.372 e. The van der Waals surface area contributed by atoms with Crippen LogP contribution in [0.3, 0.4) is 0 Å². The summed E-state index contributed by atoms with van der Waals surface area (Å²) in [7, 11) is -3.90. The number of carbonyl (C=O) groups excluding carboxylic acids is 2. The van der Waals surface area contributed by atoms with Crippen molar-refractivity contribution in [3.63, 3.8) is 0 Å². The highest BCUT2D eigenvalue weighted by molar-refractivity contribution is 7.93. The number of rotatable bonds is 8. The molecule has 1 saturated heterocycles. The van der Waals surface area contributed by atoms with Gasteiger partial charge in [-0.05, 0) is 75.4 Å². The van der Waals surface area contributed by atoms with Gasteiger partial charge in [-0.2, -0.15) is 0 Å². The molecule has 0 aliphatic carbocycles. The number of amides is 2. The van der Waals surface area contributed by atoms with Gasteiger partial charge in [0, 0.05) is 30.2 Å². The first-order valence-electron chi connectivity index (χ1n) is 11.1. The third kappa shape index (κ3) is 7.21. The van der Waals surface area contributed by atoms with Crippen molar-refractivity contribution in [1.29, 1.82) is 0 Å². The lowest BCUT2D eigenvalue weighted by atomic mass is 10.1. The summed E-state index contributed by atoms with van der Waals surface area (Å²) in [6.45, 7) is 7.45. The number of nitrogens with zero attached hydrogens (tertiary/aromatic N) is 1. The van der Waals surface area contributed by atoms with E-state index in [1.807, 2.05) is 45.0 Å². The predicted octanol–water partition coefficient (Wildman–Crippen LogP) is 3.10. The molecule has 33 heavy (non-hydrogen) atoms. The number of piperidine rings is 1. The molecular weight excluding hydrogens is 440 g/mol. The maximum atomic E-state index is 12.4. The number of sulfonamides is 1. The summed E-state index contributed by atoms with van der Waals surface area (Å²) in [5, 5.41) is 5.14. The molecule has 1 heterocycles. The van der Waals surface area contributed by atoms with Crippen LogP contribution in [0.15, 0.2) is 36.4 Å². The Balaban J connectivity index is 1.48. The Kier molecular flexibility index (Phi) is 7.97. The van der Waals surface area contributed by atoms with Crippen LogP contribution in [0.1, 0.15) is 36.0 Å². The van der Waals surface area contributed by atoms with Crippen LogP contribution < -0.4 is 20.3 Å². The Morgan fingerprint density at radius 2 is 1.52 bits per heavy atom. The third-order valence-corrected chi connectivity index (χ3v) is 6.76. The Labute approximate surface area is 195 Å². The molecule has 0 spiro atoms. The van der Waals surface area contributed by atoms with Gasteiger partial charge in [-0.15, -0.1) is 0 Å². The summed E-state index contributed by atoms with van der Waals surface area (Å²) in [5.74, 6) is -1.94. The first kappa shape index (κ1) is 24.6. The van der Waals surface area contributed by atoms with Crippen molar-refractivity contribution in [2.24, 2.45) is 0 Å². The first-order chi connectivity index (χ1) is 15.6. The third-order valence-electron chi connectivity index (χ3n) is 5.57. The molecule has 0 unspecified atom stereocenters. The van der Waals surface area contributed by atoms with Crippen LogP contribution in [0.4, 0.5) is 17.1 Å². The van der Waals surface area contributed by atoms with Crippen molar-refractivity contribution in [1.82, 2.24) is 5.32 Å². The molecule has 0 bridgehead atoms. The molecule has 3 rings (SSSR count). The lowest BCUT2D eigenvalue weighted by Gasteiger charge is -2.28. The van der Waals surface area contributed by atoms with Gasteiger partial charge in [0.15, 0.2) is 0 Å². The average Bonchev–Trinajstić information content (AvgIpc) is 2.75. The summed E-state index contributed by atoms with van der Waals surface area (Å²) in [4.78, 5) is 26.6. The van der Waals surface area contributed by atoms with Crippen LogP contribution in [0.2, 0.25) is 0 Å². The van der Waals surface area contributed by atoms with Crippen LogP contribution in [0.5, 0.6) is 0 Å². The minimum Gasteiger partial charge on any atom is -0.372 e. The van der Waals surface area contributed by atoms with Crippen LogP contribution in [-0.4, -0.2) is 45.6 Å². The molecule has 2 amide bonds. The zero-order chi connectivity index (χ0) is 24.0. The second-order valence-electron chi connectivity index (χ2n) is 8.55. The number of nitrogens with one attached hydrogen (secondary N) is 3. The summed E-state index contributed by atoms with van der Waals surface area (Å²) in [6, 6.07) is 11.1. The Morgan fingerprint density at radius 1 is 0.909 bits per heavy atom. The van der Waals surface area contributed by atoms with Gasteiger partial charge in [0.05, 0.1) is 6.54 Å². The van der Waals surface area contributed by atoms with E-state index in [-0.39, 0.29) is 6.54 Å². The molecule has 8 nitrogen and oxygen atoms in total. The maximum absolute atomic E-state index is 12.4. The van der Waals surface area contributed by atoms with Gasteiger partial charge in [-0.25, -0.2) is 8.42 Å². The summed E-state index contributed by atoms with van der Waals surface area (Å²) in [6.07, 6.45) is 3.56. The maximum Gasteiger partial charge on any atom is 0.243 e. The van der Waals surface area contributed by atoms with Gasteiger partial charge in [-0.3, -0.25) is 14.3 Å². The highest BCUT2D eigenvalue weighted by Crippen LogP contribution is 2.23. The minimum absolute atomic E-state index is 0.314. The monoisotopic (exact) mass is 472 g/mol. The predicted molar refractivity (Wildman–Crippen MR) is 132 cm³/mol. The van der Waals surface area contributed by atoms with Gasteiger partial charge in [0.25, 0.3) is 0 Å². The van der Waals surface area contributed by atoms with Crippen molar-refractivity contribution in [3.8, 4) is 0 Å². The molecule has 0 saturated carbocycles. The number of carbonyl (C=O) groups is 2. The molecular formula is C24H32N4O4S. The zero-order valence-corrected chi connectivity index (χ0v) is 20.2. The van der Waals surface area contributed by atoms with Gasteiger partial charge >= 0.3 is 0 Å². The molecule has 0 atom stereocenters. The molecule has 0 radical (unpaired) electrons. The highest BCUT2D eigenvalue weighted by atomic mass is 32.2. The lowest BCUT2D eigenvalue weighted by Crippen LogP contribution is -2.37. The first-order valence-corrected chi connectivity index (χ1v) is 12.8. The minimum atomic E-state index is -3.90. The van der Waals surface area contributed by atoms with Crippen LogP contribution >= 0.6 is 0 Å². The average molecular weight is 473 g/mol. The van der Waals surface area contributed by atoms with E-state index in [0.29, 0.717) is 11.4 Å². The number of hydrogen-bond acceptors (Lipinski definition) is 5. The van der Waals surface area contributed by atoms with Crippen molar-refractivity contribution in [2.45, 2.75) is 40.0 Å². The van der Waals surface area contributed by atoms with Gasteiger partial charge in [0.2, 0.25) is 21.8 Å². The number of benzene rings is 2. The molecule has 1 aliphatic rings. The van der Waals surface area contributed by atoms with Crippen LogP contribution in [-0.2, 0) is 19.6 Å². The van der Waals surface area contributed by atoms with Crippen LogP contribution in [0, 0.1) is 20.8 Å². The molecule has 1 fully saturated rings. The summed E-state index contributed by atoms with van der Waals surface area (Å²) < 4.78 is 27.2. The Hall–Kier alpha value is -3.07. The zero-order valence-electron chi connectivity index (χ0n) is 19.4. The van der Waals surface area contributed by atoms with E-state index in [1.54, 1.807) is 12.1 Å². The van der Waals surface area contributed by atoms with Gasteiger partial charge in [-0.1, -0.05) is 17.7 Å². The molecule has 178 valence electrons. The fraction of sp³-hybridized carbons (Fsp3) is 0.417. The smallest absolute Gasteiger partial charge is 0.243 e. The summed E-state index contributed by atoms with van der Waals surface area (Å²) in [5.41, 5.74) is 5.08. The Morgan fingerprint density at radius 3 is 2.12 bits per heavy atom. The Bertz CT molecular complexity index is 1080. The molecule has 2 aromatic carbocycles. The van der Waals surface area contributed by atoms with E-state index in [1.165, 1.54) is 6.42 Å².